The second-order valence-corrected chi connectivity index (χ2v) is 5.98. The molecule has 0 saturated heterocycles. The Morgan fingerprint density at radius 2 is 1.76 bits per heavy atom. The zero-order valence-electron chi connectivity index (χ0n) is 11.0. The van der Waals surface area contributed by atoms with Crippen LogP contribution < -0.4 is 0 Å². The number of ether oxygens (including phenoxy) is 2. The molecule has 100 valence electrons. The molecule has 0 radical (unpaired) electrons. The zero-order chi connectivity index (χ0) is 12.7. The van der Waals surface area contributed by atoms with Gasteiger partial charge in [-0.1, -0.05) is 6.92 Å². The minimum Gasteiger partial charge on any atom is -0.393 e. The van der Waals surface area contributed by atoms with Crippen molar-refractivity contribution in [2.45, 2.75) is 62.9 Å². The van der Waals surface area contributed by atoms with Crippen molar-refractivity contribution in [3.05, 3.63) is 0 Å². The maximum atomic E-state index is 10.9. The highest BCUT2D eigenvalue weighted by Gasteiger charge is 2.58. The van der Waals surface area contributed by atoms with Gasteiger partial charge in [0.2, 0.25) is 0 Å². The summed E-state index contributed by atoms with van der Waals surface area (Å²) in [6, 6.07) is 0. The lowest BCUT2D eigenvalue weighted by molar-refractivity contribution is -0.292. The van der Waals surface area contributed by atoms with Gasteiger partial charge >= 0.3 is 0 Å². The molecule has 2 rings (SSSR count). The molecule has 0 spiro atoms. The van der Waals surface area contributed by atoms with Crippen LogP contribution >= 0.6 is 0 Å². The van der Waals surface area contributed by atoms with E-state index >= 15 is 0 Å². The van der Waals surface area contributed by atoms with Crippen molar-refractivity contribution in [3.63, 3.8) is 0 Å². The van der Waals surface area contributed by atoms with Crippen LogP contribution in [-0.2, 0) is 9.47 Å². The van der Waals surface area contributed by atoms with Crippen LogP contribution in [0.15, 0.2) is 0 Å². The van der Waals surface area contributed by atoms with Gasteiger partial charge in [-0.2, -0.15) is 0 Å². The predicted molar refractivity (Wildman–Crippen MR) is 63.5 cm³/mol. The molecule has 2 N–H and O–H groups in total. The van der Waals surface area contributed by atoms with Crippen LogP contribution in [0.2, 0.25) is 0 Å². The van der Waals surface area contributed by atoms with Gasteiger partial charge < -0.3 is 19.7 Å². The molecule has 3 atom stereocenters. The van der Waals surface area contributed by atoms with E-state index in [1.807, 2.05) is 0 Å². The van der Waals surface area contributed by atoms with Gasteiger partial charge in [-0.25, -0.2) is 0 Å². The highest BCUT2D eigenvalue weighted by molar-refractivity contribution is 5.07. The minimum absolute atomic E-state index is 0.118. The summed E-state index contributed by atoms with van der Waals surface area (Å²) in [5.74, 6) is -0.689. The first-order chi connectivity index (χ1) is 7.89. The van der Waals surface area contributed by atoms with E-state index in [-0.39, 0.29) is 5.41 Å². The molecule has 2 aliphatic carbocycles. The van der Waals surface area contributed by atoms with Gasteiger partial charge in [0.15, 0.2) is 5.79 Å². The van der Waals surface area contributed by atoms with Crippen LogP contribution in [0.3, 0.4) is 0 Å². The molecule has 0 bridgehead atoms. The fraction of sp³-hybridized carbons (Fsp3) is 1.00. The van der Waals surface area contributed by atoms with Crippen LogP contribution in [-0.4, -0.2) is 41.9 Å². The van der Waals surface area contributed by atoms with Crippen molar-refractivity contribution in [2.24, 2.45) is 5.41 Å². The summed E-state index contributed by atoms with van der Waals surface area (Å²) in [4.78, 5) is 0. The van der Waals surface area contributed by atoms with Crippen molar-refractivity contribution in [1.29, 1.82) is 0 Å². The second kappa shape index (κ2) is 4.19. The first kappa shape index (κ1) is 13.3. The fourth-order valence-electron chi connectivity index (χ4n) is 3.53. The lowest BCUT2D eigenvalue weighted by atomic mass is 9.55. The van der Waals surface area contributed by atoms with Crippen LogP contribution in [0.5, 0.6) is 0 Å². The Hall–Kier alpha value is -0.160. The number of methoxy groups -OCH3 is 2. The van der Waals surface area contributed by atoms with Crippen molar-refractivity contribution < 1.29 is 19.7 Å². The van der Waals surface area contributed by atoms with Crippen LogP contribution in [0, 0.1) is 5.41 Å². The molecule has 1 unspecified atom stereocenters. The first-order valence-electron chi connectivity index (χ1n) is 6.39. The standard InChI is InChI=1S/C13H24O4/c1-11-5-4-10(14)8-12(11,15)9-13(16-2,17-3)7-6-11/h10,14-15H,4-9H2,1-3H3/t10?,11-,12-/m1/s1. The van der Waals surface area contributed by atoms with Crippen molar-refractivity contribution >= 4 is 0 Å². The lowest BCUT2D eigenvalue weighted by Gasteiger charge is -2.57. The average Bonchev–Trinajstić information content (AvgIpc) is 2.30. The summed E-state index contributed by atoms with van der Waals surface area (Å²) in [6.07, 6.45) is 3.79. The van der Waals surface area contributed by atoms with Gasteiger partial charge in [-0.05, 0) is 24.7 Å². The van der Waals surface area contributed by atoms with Gasteiger partial charge in [0.1, 0.15) is 0 Å². The number of hydrogen-bond acceptors (Lipinski definition) is 4. The number of fused-ring (bicyclic) bond motifs is 1. The molecular weight excluding hydrogens is 220 g/mol. The SMILES string of the molecule is COC1(OC)CC[C@@]2(C)CCC(O)C[C@@]2(O)C1. The van der Waals surface area contributed by atoms with Crippen LogP contribution in [0.1, 0.15) is 45.4 Å². The maximum absolute atomic E-state index is 10.9. The van der Waals surface area contributed by atoms with E-state index in [1.165, 1.54) is 0 Å². The summed E-state index contributed by atoms with van der Waals surface area (Å²) < 4.78 is 10.9. The van der Waals surface area contributed by atoms with E-state index in [9.17, 15) is 10.2 Å². The Bertz CT molecular complexity index is 289. The quantitative estimate of drug-likeness (QED) is 0.722. The maximum Gasteiger partial charge on any atom is 0.170 e. The van der Waals surface area contributed by atoms with Gasteiger partial charge in [-0.3, -0.25) is 0 Å². The summed E-state index contributed by atoms with van der Waals surface area (Å²) in [5, 5.41) is 20.7. The predicted octanol–water partition coefficient (Wildman–Crippen LogP) is 1.44. The van der Waals surface area contributed by atoms with Crippen LogP contribution in [0.4, 0.5) is 0 Å². The lowest BCUT2D eigenvalue weighted by Crippen LogP contribution is -2.61. The molecule has 2 saturated carbocycles. The van der Waals surface area contributed by atoms with Crippen molar-refractivity contribution in [2.75, 3.05) is 14.2 Å². The van der Waals surface area contributed by atoms with E-state index in [4.69, 9.17) is 9.47 Å². The van der Waals surface area contributed by atoms with E-state index in [0.29, 0.717) is 12.8 Å². The molecule has 17 heavy (non-hydrogen) atoms. The smallest absolute Gasteiger partial charge is 0.170 e. The number of aliphatic hydroxyl groups excluding tert-OH is 1. The molecule has 0 aromatic rings. The molecule has 0 aliphatic heterocycles. The van der Waals surface area contributed by atoms with Gasteiger partial charge in [-0.15, -0.1) is 0 Å². The molecular formula is C13H24O4. The Labute approximate surface area is 103 Å². The molecule has 0 aromatic heterocycles. The summed E-state index contributed by atoms with van der Waals surface area (Å²) in [5.41, 5.74) is -0.998. The fourth-order valence-corrected chi connectivity index (χ4v) is 3.53. The monoisotopic (exact) mass is 244 g/mol. The highest BCUT2D eigenvalue weighted by Crippen LogP contribution is 2.56. The largest absolute Gasteiger partial charge is 0.393 e. The average molecular weight is 244 g/mol. The third-order valence-electron chi connectivity index (χ3n) is 5.09. The number of hydrogen-bond donors (Lipinski definition) is 2. The Balaban J connectivity index is 2.25. The Kier molecular flexibility index (Phi) is 3.28. The molecule has 0 amide bonds. The number of aliphatic hydroxyl groups is 2. The topological polar surface area (TPSA) is 58.9 Å². The minimum atomic E-state index is -0.880. The normalized spacial score (nSPS) is 45.4. The Morgan fingerprint density at radius 1 is 1.12 bits per heavy atom. The molecule has 2 fully saturated rings. The third kappa shape index (κ3) is 2.01. The van der Waals surface area contributed by atoms with Gasteiger partial charge in [0, 0.05) is 33.5 Å². The third-order valence-corrected chi connectivity index (χ3v) is 5.09. The van der Waals surface area contributed by atoms with E-state index in [0.717, 1.165) is 25.7 Å². The van der Waals surface area contributed by atoms with Gasteiger partial charge in [0.25, 0.3) is 0 Å². The van der Waals surface area contributed by atoms with Crippen LogP contribution in [0.25, 0.3) is 0 Å². The van der Waals surface area contributed by atoms with Crippen molar-refractivity contribution in [1.82, 2.24) is 0 Å². The molecule has 0 heterocycles. The summed E-state index contributed by atoms with van der Waals surface area (Å²) >= 11 is 0. The molecule has 4 nitrogen and oxygen atoms in total. The highest BCUT2D eigenvalue weighted by atomic mass is 16.7. The van der Waals surface area contributed by atoms with Gasteiger partial charge in [0.05, 0.1) is 11.7 Å². The van der Waals surface area contributed by atoms with Crippen molar-refractivity contribution in [3.8, 4) is 0 Å². The van der Waals surface area contributed by atoms with E-state index in [1.54, 1.807) is 14.2 Å². The molecule has 0 aromatic carbocycles. The summed E-state index contributed by atoms with van der Waals surface area (Å²) in [6.45, 7) is 2.12. The Morgan fingerprint density at radius 3 is 2.35 bits per heavy atom. The zero-order valence-corrected chi connectivity index (χ0v) is 11.0. The van der Waals surface area contributed by atoms with E-state index < -0.39 is 17.5 Å². The number of rotatable bonds is 2. The van der Waals surface area contributed by atoms with E-state index in [2.05, 4.69) is 6.92 Å². The summed E-state index contributed by atoms with van der Waals surface area (Å²) in [7, 11) is 3.24. The molecule has 4 heteroatoms. The molecule has 2 aliphatic rings. The first-order valence-corrected chi connectivity index (χ1v) is 6.39. The second-order valence-electron chi connectivity index (χ2n) is 5.98.